The summed E-state index contributed by atoms with van der Waals surface area (Å²) < 4.78 is 0. The highest BCUT2D eigenvalue weighted by molar-refractivity contribution is 5.49. The van der Waals surface area contributed by atoms with Crippen LogP contribution >= 0.6 is 0 Å². The van der Waals surface area contributed by atoms with Crippen LogP contribution in [-0.4, -0.2) is 16.7 Å². The van der Waals surface area contributed by atoms with E-state index in [1.165, 1.54) is 0 Å². The Morgan fingerprint density at radius 1 is 1.64 bits per heavy atom. The molecule has 0 saturated heterocycles. The molecular weight excluding hydrogens is 146 g/mol. The summed E-state index contributed by atoms with van der Waals surface area (Å²) in [6.07, 6.45) is 1.79. The van der Waals surface area contributed by atoms with E-state index in [1.54, 1.807) is 13.8 Å². The van der Waals surface area contributed by atoms with Gasteiger partial charge in [0.15, 0.2) is 0 Å². The number of nitro groups is 1. The number of carbonyl (C=O) groups excluding carboxylic acids is 1. The van der Waals surface area contributed by atoms with Gasteiger partial charge < -0.3 is 4.79 Å². The number of nitrogens with zero attached hydrogens (tertiary/aromatic N) is 1. The van der Waals surface area contributed by atoms with Crippen LogP contribution in [0.2, 0.25) is 0 Å². The number of carbonyl (C=O) groups is 1. The molecule has 4 heteroatoms. The fourth-order valence-electron chi connectivity index (χ4n) is 0.767. The Kier molecular flexibility index (Phi) is 3.71. The van der Waals surface area contributed by atoms with Gasteiger partial charge in [-0.05, 0) is 0 Å². The maximum atomic E-state index is 10.4. The van der Waals surface area contributed by atoms with Crippen molar-refractivity contribution in [3.63, 3.8) is 0 Å². The van der Waals surface area contributed by atoms with Crippen molar-refractivity contribution < 1.29 is 9.72 Å². The molecule has 0 radical (unpaired) electrons. The smallest absolute Gasteiger partial charge is 0.219 e. The van der Waals surface area contributed by atoms with Gasteiger partial charge in [0.25, 0.3) is 0 Å². The van der Waals surface area contributed by atoms with Crippen molar-refractivity contribution in [2.75, 3.05) is 0 Å². The van der Waals surface area contributed by atoms with E-state index < -0.39 is 5.54 Å². The Balaban J connectivity index is 4.09. The van der Waals surface area contributed by atoms with Gasteiger partial charge in [0.2, 0.25) is 5.54 Å². The van der Waals surface area contributed by atoms with Crippen molar-refractivity contribution in [3.8, 4) is 0 Å². The van der Waals surface area contributed by atoms with Crippen molar-refractivity contribution in [1.29, 1.82) is 0 Å². The fraction of sp³-hybridized carbons (Fsp3) is 0.857. The highest BCUT2D eigenvalue weighted by Gasteiger charge is 2.33. The van der Waals surface area contributed by atoms with E-state index in [0.29, 0.717) is 12.8 Å². The van der Waals surface area contributed by atoms with E-state index in [-0.39, 0.29) is 11.3 Å². The second-order valence-electron chi connectivity index (χ2n) is 2.81. The van der Waals surface area contributed by atoms with Crippen molar-refractivity contribution in [1.82, 2.24) is 0 Å². The Morgan fingerprint density at radius 2 is 2.18 bits per heavy atom. The zero-order valence-corrected chi connectivity index (χ0v) is 6.87. The van der Waals surface area contributed by atoms with Crippen molar-refractivity contribution in [3.05, 3.63) is 10.1 Å². The third-order valence-corrected chi connectivity index (χ3v) is 2.00. The molecule has 0 amide bonds. The van der Waals surface area contributed by atoms with Crippen molar-refractivity contribution in [2.24, 2.45) is 0 Å². The van der Waals surface area contributed by atoms with Crippen LogP contribution in [0.4, 0.5) is 0 Å². The zero-order chi connectivity index (χ0) is 8.91. The molecular formula is C7H13NO3. The van der Waals surface area contributed by atoms with Crippen LogP contribution in [0.1, 0.15) is 33.1 Å². The molecule has 0 N–H and O–H groups in total. The Labute approximate surface area is 65.7 Å². The topological polar surface area (TPSA) is 60.2 Å². The molecule has 0 aromatic rings. The lowest BCUT2D eigenvalue weighted by molar-refractivity contribution is -0.566. The normalized spacial score (nSPS) is 15.5. The maximum Gasteiger partial charge on any atom is 0.219 e. The summed E-state index contributed by atoms with van der Waals surface area (Å²) in [5, 5.41) is 10.4. The van der Waals surface area contributed by atoms with E-state index in [4.69, 9.17) is 0 Å². The van der Waals surface area contributed by atoms with Crippen molar-refractivity contribution >= 4 is 6.29 Å². The van der Waals surface area contributed by atoms with Gasteiger partial charge in [-0.25, -0.2) is 0 Å². The molecule has 0 spiro atoms. The predicted octanol–water partition coefficient (Wildman–Crippen LogP) is 1.41. The summed E-state index contributed by atoms with van der Waals surface area (Å²) >= 11 is 0. The van der Waals surface area contributed by atoms with E-state index in [1.807, 2.05) is 0 Å². The molecule has 1 unspecified atom stereocenters. The first-order chi connectivity index (χ1) is 5.06. The predicted molar refractivity (Wildman–Crippen MR) is 41.0 cm³/mol. The standard InChI is InChI=1S/C7H13NO3/c1-3-7(2,8(10)11)5-4-6-9/h6H,3-5H2,1-2H3. The molecule has 0 heterocycles. The minimum absolute atomic E-state index is 0.269. The Hall–Kier alpha value is -0.930. The first kappa shape index (κ1) is 10.1. The van der Waals surface area contributed by atoms with E-state index in [9.17, 15) is 14.9 Å². The zero-order valence-electron chi connectivity index (χ0n) is 6.87. The van der Waals surface area contributed by atoms with Crippen LogP contribution < -0.4 is 0 Å². The second kappa shape index (κ2) is 4.05. The Morgan fingerprint density at radius 3 is 2.45 bits per heavy atom. The van der Waals surface area contributed by atoms with Gasteiger partial charge in [-0.2, -0.15) is 0 Å². The first-order valence-corrected chi connectivity index (χ1v) is 3.65. The molecule has 0 bridgehead atoms. The first-order valence-electron chi connectivity index (χ1n) is 3.65. The minimum atomic E-state index is -0.916. The molecule has 0 aromatic carbocycles. The number of hydrogen-bond acceptors (Lipinski definition) is 3. The monoisotopic (exact) mass is 159 g/mol. The van der Waals surface area contributed by atoms with E-state index in [0.717, 1.165) is 6.29 Å². The molecule has 0 rings (SSSR count). The SMILES string of the molecule is CCC(C)(CCC=O)[N+](=O)[O-]. The highest BCUT2D eigenvalue weighted by atomic mass is 16.6. The average Bonchev–Trinajstić information content (AvgIpc) is 2.00. The molecule has 0 aliphatic heterocycles. The molecule has 1 atom stereocenters. The largest absolute Gasteiger partial charge is 0.303 e. The fourth-order valence-corrected chi connectivity index (χ4v) is 0.767. The third kappa shape index (κ3) is 2.65. The molecule has 0 fully saturated rings. The molecule has 0 aliphatic rings. The van der Waals surface area contributed by atoms with Crippen LogP contribution in [0, 0.1) is 10.1 Å². The molecule has 0 saturated carbocycles. The lowest BCUT2D eigenvalue weighted by atomic mass is 9.94. The van der Waals surface area contributed by atoms with Gasteiger partial charge in [0.05, 0.1) is 0 Å². The van der Waals surface area contributed by atoms with Crippen LogP contribution in [0.25, 0.3) is 0 Å². The van der Waals surface area contributed by atoms with Crippen LogP contribution in [0.15, 0.2) is 0 Å². The van der Waals surface area contributed by atoms with Crippen LogP contribution in [0.5, 0.6) is 0 Å². The summed E-state index contributed by atoms with van der Waals surface area (Å²) in [5.41, 5.74) is -0.916. The third-order valence-electron chi connectivity index (χ3n) is 2.00. The summed E-state index contributed by atoms with van der Waals surface area (Å²) in [6, 6.07) is 0. The molecule has 0 aliphatic carbocycles. The van der Waals surface area contributed by atoms with Gasteiger partial charge >= 0.3 is 0 Å². The van der Waals surface area contributed by atoms with Gasteiger partial charge in [-0.3, -0.25) is 10.1 Å². The van der Waals surface area contributed by atoms with Gasteiger partial charge in [0, 0.05) is 31.1 Å². The minimum Gasteiger partial charge on any atom is -0.303 e. The summed E-state index contributed by atoms with van der Waals surface area (Å²) in [7, 11) is 0. The second-order valence-corrected chi connectivity index (χ2v) is 2.81. The molecule has 0 aromatic heterocycles. The van der Waals surface area contributed by atoms with Crippen LogP contribution in [-0.2, 0) is 4.79 Å². The van der Waals surface area contributed by atoms with E-state index in [2.05, 4.69) is 0 Å². The lowest BCUT2D eigenvalue weighted by Gasteiger charge is -2.17. The molecule has 4 nitrogen and oxygen atoms in total. The van der Waals surface area contributed by atoms with Crippen molar-refractivity contribution in [2.45, 2.75) is 38.6 Å². The van der Waals surface area contributed by atoms with E-state index >= 15 is 0 Å². The van der Waals surface area contributed by atoms with Crippen LogP contribution in [0.3, 0.4) is 0 Å². The van der Waals surface area contributed by atoms with Gasteiger partial charge in [-0.1, -0.05) is 6.92 Å². The average molecular weight is 159 g/mol. The number of aldehydes is 1. The maximum absolute atomic E-state index is 10.4. The summed E-state index contributed by atoms with van der Waals surface area (Å²) in [6.45, 7) is 3.32. The van der Waals surface area contributed by atoms with Gasteiger partial charge in [-0.15, -0.1) is 0 Å². The lowest BCUT2D eigenvalue weighted by Crippen LogP contribution is -2.33. The summed E-state index contributed by atoms with van der Waals surface area (Å²) in [4.78, 5) is 20.1. The van der Waals surface area contributed by atoms with Gasteiger partial charge in [0.1, 0.15) is 6.29 Å². The molecule has 11 heavy (non-hydrogen) atoms. The highest BCUT2D eigenvalue weighted by Crippen LogP contribution is 2.19. The number of rotatable bonds is 5. The summed E-state index contributed by atoms with van der Waals surface area (Å²) in [5.74, 6) is 0. The quantitative estimate of drug-likeness (QED) is 0.346. The molecule has 64 valence electrons. The Bertz CT molecular complexity index is 158. The number of hydrogen-bond donors (Lipinski definition) is 0.